The van der Waals surface area contributed by atoms with Gasteiger partial charge in [0.2, 0.25) is 15.9 Å². The van der Waals surface area contributed by atoms with Gasteiger partial charge in [-0.1, -0.05) is 23.2 Å². The fraction of sp³-hybridized carbons (Fsp3) is 0.588. The predicted molar refractivity (Wildman–Crippen MR) is 103 cm³/mol. The maximum Gasteiger partial charge on any atom is 0.227 e. The van der Waals surface area contributed by atoms with Gasteiger partial charge in [-0.3, -0.25) is 4.79 Å². The van der Waals surface area contributed by atoms with Crippen molar-refractivity contribution in [2.75, 3.05) is 5.32 Å². The number of hydrogen-bond acceptors (Lipinski definition) is 3. The van der Waals surface area contributed by atoms with Crippen LogP contribution in [0.25, 0.3) is 0 Å². The summed E-state index contributed by atoms with van der Waals surface area (Å²) >= 11 is 11.8. The Morgan fingerprint density at radius 1 is 1.08 bits per heavy atom. The van der Waals surface area contributed by atoms with Gasteiger partial charge in [0.15, 0.2) is 0 Å². The van der Waals surface area contributed by atoms with Crippen LogP contribution in [0.15, 0.2) is 18.2 Å². The van der Waals surface area contributed by atoms with Gasteiger partial charge in [0.25, 0.3) is 0 Å². The topological polar surface area (TPSA) is 75.3 Å². The largest absolute Gasteiger partial charge is 0.326 e. The summed E-state index contributed by atoms with van der Waals surface area (Å²) in [7, 11) is -3.37. The average molecular weight is 407 g/mol. The minimum atomic E-state index is -3.37. The molecule has 0 bridgehead atoms. The van der Waals surface area contributed by atoms with Crippen LogP contribution in [0.3, 0.4) is 0 Å². The van der Waals surface area contributed by atoms with E-state index in [-0.39, 0.29) is 17.9 Å². The molecule has 0 spiro atoms. The maximum atomic E-state index is 12.4. The fourth-order valence-corrected chi connectivity index (χ4v) is 4.01. The number of hydrogen-bond donors (Lipinski definition) is 2. The van der Waals surface area contributed by atoms with E-state index >= 15 is 0 Å². The highest BCUT2D eigenvalue weighted by molar-refractivity contribution is 7.90. The van der Waals surface area contributed by atoms with Crippen LogP contribution in [0, 0.1) is 5.92 Å². The summed E-state index contributed by atoms with van der Waals surface area (Å²) in [6, 6.07) is 4.84. The van der Waals surface area contributed by atoms with Gasteiger partial charge < -0.3 is 5.32 Å². The quantitative estimate of drug-likeness (QED) is 0.785. The molecule has 1 amide bonds. The van der Waals surface area contributed by atoms with Gasteiger partial charge in [-0.05, 0) is 64.7 Å². The third-order valence-corrected chi connectivity index (χ3v) is 7.41. The molecule has 0 saturated heterocycles. The van der Waals surface area contributed by atoms with E-state index in [9.17, 15) is 13.2 Å². The van der Waals surface area contributed by atoms with Crippen LogP contribution in [0.2, 0.25) is 10.0 Å². The van der Waals surface area contributed by atoms with E-state index in [1.807, 2.05) is 0 Å². The van der Waals surface area contributed by atoms with E-state index in [2.05, 4.69) is 10.0 Å². The molecule has 1 aliphatic rings. The van der Waals surface area contributed by atoms with Crippen molar-refractivity contribution in [3.05, 3.63) is 28.2 Å². The summed E-state index contributed by atoms with van der Waals surface area (Å²) in [6.07, 6.45) is 2.58. The van der Waals surface area contributed by atoms with Crippen molar-refractivity contribution in [3.8, 4) is 0 Å². The van der Waals surface area contributed by atoms with Crippen LogP contribution in [-0.2, 0) is 14.8 Å². The first-order valence-corrected chi connectivity index (χ1v) is 10.5. The van der Waals surface area contributed by atoms with E-state index in [0.29, 0.717) is 41.4 Å². The van der Waals surface area contributed by atoms with E-state index in [4.69, 9.17) is 23.2 Å². The number of halogens is 2. The third kappa shape index (κ3) is 5.33. The molecule has 2 rings (SSSR count). The summed E-state index contributed by atoms with van der Waals surface area (Å²) < 4.78 is 26.4. The highest BCUT2D eigenvalue weighted by Crippen LogP contribution is 2.29. The highest BCUT2D eigenvalue weighted by Gasteiger charge is 2.34. The number of benzene rings is 1. The number of carbonyl (C=O) groups is 1. The Labute approximate surface area is 159 Å². The number of anilines is 1. The lowest BCUT2D eigenvalue weighted by Gasteiger charge is -2.30. The van der Waals surface area contributed by atoms with Gasteiger partial charge >= 0.3 is 0 Å². The molecule has 25 heavy (non-hydrogen) atoms. The van der Waals surface area contributed by atoms with Crippen LogP contribution in [-0.4, -0.2) is 25.1 Å². The summed E-state index contributed by atoms with van der Waals surface area (Å²) in [5.41, 5.74) is 0.606. The first-order chi connectivity index (χ1) is 11.5. The van der Waals surface area contributed by atoms with Crippen LogP contribution in [0.5, 0.6) is 0 Å². The van der Waals surface area contributed by atoms with Crippen LogP contribution in [0.1, 0.15) is 46.5 Å². The van der Waals surface area contributed by atoms with Crippen molar-refractivity contribution in [1.82, 2.24) is 4.72 Å². The van der Waals surface area contributed by atoms with Crippen molar-refractivity contribution in [1.29, 1.82) is 0 Å². The number of carbonyl (C=O) groups excluding carboxylic acids is 1. The standard InChI is InChI=1S/C17H24Cl2N2O3S/c1-17(2,3)25(23,24)21-12-6-4-11(5-7-12)16(22)20-13-8-9-14(18)15(19)10-13/h8-12,21H,4-7H2,1-3H3,(H,20,22)/t11-,12-. The molecule has 1 fully saturated rings. The Morgan fingerprint density at radius 2 is 1.68 bits per heavy atom. The van der Waals surface area contributed by atoms with E-state index in [0.717, 1.165) is 0 Å². The third-order valence-electron chi connectivity index (χ3n) is 4.41. The number of sulfonamides is 1. The zero-order chi connectivity index (χ0) is 18.8. The Morgan fingerprint density at radius 3 is 2.20 bits per heavy atom. The van der Waals surface area contributed by atoms with Gasteiger partial charge in [0.05, 0.1) is 14.8 Å². The second-order valence-corrected chi connectivity index (χ2v) is 10.7. The first kappa shape index (κ1) is 20.5. The molecule has 8 heteroatoms. The Balaban J connectivity index is 1.89. The molecular formula is C17H24Cl2N2O3S. The van der Waals surface area contributed by atoms with Crippen molar-refractivity contribution in [2.45, 2.75) is 57.2 Å². The monoisotopic (exact) mass is 406 g/mol. The predicted octanol–water partition coefficient (Wildman–Crippen LogP) is 4.21. The Bertz CT molecular complexity index is 737. The van der Waals surface area contributed by atoms with Crippen molar-refractivity contribution in [3.63, 3.8) is 0 Å². The maximum absolute atomic E-state index is 12.4. The molecule has 0 radical (unpaired) electrons. The smallest absolute Gasteiger partial charge is 0.227 e. The molecule has 140 valence electrons. The minimum absolute atomic E-state index is 0.0736. The van der Waals surface area contributed by atoms with Gasteiger partial charge in [0, 0.05) is 17.6 Å². The molecule has 1 aromatic carbocycles. The van der Waals surface area contributed by atoms with Gasteiger partial charge in [-0.25, -0.2) is 13.1 Å². The summed E-state index contributed by atoms with van der Waals surface area (Å²) in [5, 5.41) is 3.67. The molecule has 1 saturated carbocycles. The molecular weight excluding hydrogens is 383 g/mol. The summed E-state index contributed by atoms with van der Waals surface area (Å²) in [5.74, 6) is -0.208. The van der Waals surface area contributed by atoms with E-state index < -0.39 is 14.8 Å². The molecule has 2 N–H and O–H groups in total. The van der Waals surface area contributed by atoms with Crippen LogP contribution >= 0.6 is 23.2 Å². The SMILES string of the molecule is CC(C)(C)S(=O)(=O)N[C@H]1CC[C@H](C(=O)Nc2ccc(Cl)c(Cl)c2)CC1. The van der Waals surface area contributed by atoms with E-state index in [1.165, 1.54) is 0 Å². The zero-order valence-corrected chi connectivity index (χ0v) is 16.9. The molecule has 0 aliphatic heterocycles. The second kappa shape index (κ2) is 7.82. The Kier molecular flexibility index (Phi) is 6.41. The molecule has 1 aromatic rings. The van der Waals surface area contributed by atoms with Crippen LogP contribution in [0.4, 0.5) is 5.69 Å². The molecule has 1 aliphatic carbocycles. The summed E-state index contributed by atoms with van der Waals surface area (Å²) in [6.45, 7) is 5.02. The second-order valence-electron chi connectivity index (χ2n) is 7.40. The number of amides is 1. The number of nitrogens with one attached hydrogen (secondary N) is 2. The zero-order valence-electron chi connectivity index (χ0n) is 14.6. The molecule has 5 nitrogen and oxygen atoms in total. The first-order valence-electron chi connectivity index (χ1n) is 8.27. The van der Waals surface area contributed by atoms with Gasteiger partial charge in [0.1, 0.15) is 0 Å². The normalized spacial score (nSPS) is 21.8. The lowest BCUT2D eigenvalue weighted by Crippen LogP contribution is -2.46. The van der Waals surface area contributed by atoms with Gasteiger partial charge in [-0.2, -0.15) is 0 Å². The van der Waals surface area contributed by atoms with Gasteiger partial charge in [-0.15, -0.1) is 0 Å². The summed E-state index contributed by atoms with van der Waals surface area (Å²) in [4.78, 5) is 12.4. The lowest BCUT2D eigenvalue weighted by atomic mass is 9.86. The average Bonchev–Trinajstić information content (AvgIpc) is 2.50. The molecule has 0 atom stereocenters. The van der Waals surface area contributed by atoms with Crippen molar-refractivity contribution >= 4 is 44.8 Å². The fourth-order valence-electron chi connectivity index (χ4n) is 2.69. The highest BCUT2D eigenvalue weighted by atomic mass is 35.5. The number of rotatable bonds is 4. The lowest BCUT2D eigenvalue weighted by molar-refractivity contribution is -0.120. The van der Waals surface area contributed by atoms with Crippen LogP contribution < -0.4 is 10.0 Å². The Hall–Kier alpha value is -0.820. The van der Waals surface area contributed by atoms with E-state index in [1.54, 1.807) is 39.0 Å². The molecule has 0 unspecified atom stereocenters. The van der Waals surface area contributed by atoms with Crippen molar-refractivity contribution < 1.29 is 13.2 Å². The molecule has 0 aromatic heterocycles. The molecule has 0 heterocycles. The minimum Gasteiger partial charge on any atom is -0.326 e. The van der Waals surface area contributed by atoms with Crippen molar-refractivity contribution in [2.24, 2.45) is 5.92 Å².